The molecular weight excluding hydrogens is 282 g/mol. The van der Waals surface area contributed by atoms with Crippen LogP contribution in [0.5, 0.6) is 0 Å². The van der Waals surface area contributed by atoms with Crippen LogP contribution >= 0.6 is 0 Å². The Morgan fingerprint density at radius 3 is 2.41 bits per heavy atom. The van der Waals surface area contributed by atoms with E-state index >= 15 is 0 Å². The summed E-state index contributed by atoms with van der Waals surface area (Å²) in [5.41, 5.74) is 0.715. The first-order valence-corrected chi connectivity index (χ1v) is 7.32. The smallest absolute Gasteiger partial charge is 0.309 e. The Balaban J connectivity index is 2.16. The van der Waals surface area contributed by atoms with Crippen molar-refractivity contribution in [2.75, 3.05) is 13.2 Å². The summed E-state index contributed by atoms with van der Waals surface area (Å²) in [4.78, 5) is 11.3. The molecule has 5 heteroatoms. The largest absolute Gasteiger partial charge is 0.481 e. The molecule has 0 radical (unpaired) electrons. The average Bonchev–Trinajstić information content (AvgIpc) is 3.01. The quantitative estimate of drug-likeness (QED) is 0.724. The van der Waals surface area contributed by atoms with Crippen molar-refractivity contribution >= 4 is 5.97 Å². The minimum atomic E-state index is -1.25. The van der Waals surface area contributed by atoms with Gasteiger partial charge in [0.1, 0.15) is 6.42 Å². The predicted octanol–water partition coefficient (Wildman–Crippen LogP) is 2.87. The summed E-state index contributed by atoms with van der Waals surface area (Å²) in [6.45, 7) is 3.19. The lowest BCUT2D eigenvalue weighted by molar-refractivity contribution is -0.250. The van der Waals surface area contributed by atoms with Gasteiger partial charge in [0.15, 0.2) is 0 Å². The number of ether oxygens (including phenoxy) is 2. The third-order valence-electron chi connectivity index (χ3n) is 3.33. The predicted molar refractivity (Wildman–Crippen MR) is 82.4 cm³/mol. The molecule has 0 saturated carbocycles. The molecule has 0 fully saturated rings. The molecule has 0 amide bonds. The van der Waals surface area contributed by atoms with Crippen molar-refractivity contribution in [1.29, 1.82) is 0 Å². The Morgan fingerprint density at radius 1 is 1.14 bits per heavy atom. The third-order valence-corrected chi connectivity index (χ3v) is 3.33. The Hall–Kier alpha value is -2.11. The molecule has 1 heterocycles. The number of hydrogen-bond acceptors (Lipinski definition) is 3. The highest BCUT2D eigenvalue weighted by Crippen LogP contribution is 2.31. The van der Waals surface area contributed by atoms with Gasteiger partial charge < -0.3 is 19.1 Å². The molecule has 1 atom stereocenters. The van der Waals surface area contributed by atoms with Gasteiger partial charge in [-0.1, -0.05) is 30.3 Å². The summed E-state index contributed by atoms with van der Waals surface area (Å²) >= 11 is 0. The molecule has 0 aliphatic rings. The van der Waals surface area contributed by atoms with E-state index in [1.54, 1.807) is 0 Å². The number of carboxylic acid groups (broad SMARTS) is 1. The number of carbonyl (C=O) groups is 1. The van der Waals surface area contributed by atoms with Gasteiger partial charge >= 0.3 is 5.97 Å². The summed E-state index contributed by atoms with van der Waals surface area (Å²) in [5.74, 6) is -2.21. The van der Waals surface area contributed by atoms with Gasteiger partial charge in [-0.3, -0.25) is 4.79 Å². The third kappa shape index (κ3) is 4.19. The zero-order chi connectivity index (χ0) is 15.8. The first-order chi connectivity index (χ1) is 10.7. The molecule has 5 nitrogen and oxygen atoms in total. The number of benzene rings is 1. The van der Waals surface area contributed by atoms with E-state index in [1.165, 1.54) is 0 Å². The van der Waals surface area contributed by atoms with Crippen LogP contribution in [0.4, 0.5) is 0 Å². The number of aliphatic carboxylic acids is 1. The minimum Gasteiger partial charge on any atom is -0.481 e. The van der Waals surface area contributed by atoms with Gasteiger partial charge in [0, 0.05) is 31.1 Å². The van der Waals surface area contributed by atoms with Gasteiger partial charge in [-0.15, -0.1) is 0 Å². The number of nitrogens with zero attached hydrogens (tertiary/aromatic N) is 1. The summed E-state index contributed by atoms with van der Waals surface area (Å²) in [6, 6.07) is 13.1. The highest BCUT2D eigenvalue weighted by Gasteiger charge is 2.36. The highest BCUT2D eigenvalue weighted by atomic mass is 16.7. The Bertz CT molecular complexity index is 568. The van der Waals surface area contributed by atoms with E-state index < -0.39 is 11.8 Å². The molecule has 2 aromatic rings. The summed E-state index contributed by atoms with van der Waals surface area (Å²) in [5, 5.41) is 9.26. The number of hydrogen-bond donors (Lipinski definition) is 1. The second-order valence-electron chi connectivity index (χ2n) is 4.89. The van der Waals surface area contributed by atoms with E-state index in [9.17, 15) is 9.90 Å². The zero-order valence-corrected chi connectivity index (χ0v) is 12.6. The Labute approximate surface area is 130 Å². The topological polar surface area (TPSA) is 60.7 Å². The SMILES string of the molecule is CCOC(CC(=O)O)(OCCn1cccc1)c1ccccc1. The lowest BCUT2D eigenvalue weighted by Gasteiger charge is -2.32. The Morgan fingerprint density at radius 2 is 1.82 bits per heavy atom. The lowest BCUT2D eigenvalue weighted by atomic mass is 10.0. The summed E-state index contributed by atoms with van der Waals surface area (Å²) < 4.78 is 13.6. The van der Waals surface area contributed by atoms with Gasteiger partial charge in [-0.2, -0.15) is 0 Å². The van der Waals surface area contributed by atoms with Crippen molar-refractivity contribution in [2.45, 2.75) is 25.7 Å². The van der Waals surface area contributed by atoms with E-state index in [-0.39, 0.29) is 6.42 Å². The van der Waals surface area contributed by atoms with E-state index in [0.29, 0.717) is 25.3 Å². The average molecular weight is 303 g/mol. The zero-order valence-electron chi connectivity index (χ0n) is 12.6. The molecule has 2 rings (SSSR count). The lowest BCUT2D eigenvalue weighted by Crippen LogP contribution is -2.37. The Kier molecular flexibility index (Phi) is 5.75. The van der Waals surface area contributed by atoms with Crippen molar-refractivity contribution in [3.8, 4) is 0 Å². The van der Waals surface area contributed by atoms with E-state index in [2.05, 4.69) is 0 Å². The monoisotopic (exact) mass is 303 g/mol. The van der Waals surface area contributed by atoms with Crippen LogP contribution in [0.2, 0.25) is 0 Å². The maximum absolute atomic E-state index is 11.3. The van der Waals surface area contributed by atoms with Crippen LogP contribution in [0.1, 0.15) is 18.9 Å². The highest BCUT2D eigenvalue weighted by molar-refractivity contribution is 5.68. The van der Waals surface area contributed by atoms with Gasteiger partial charge in [0.25, 0.3) is 0 Å². The molecule has 0 bridgehead atoms. The second kappa shape index (κ2) is 7.77. The maximum atomic E-state index is 11.3. The maximum Gasteiger partial charge on any atom is 0.309 e. The van der Waals surface area contributed by atoms with E-state index in [4.69, 9.17) is 9.47 Å². The fourth-order valence-corrected chi connectivity index (χ4v) is 2.37. The minimum absolute atomic E-state index is 0.240. The molecule has 0 aliphatic carbocycles. The number of rotatable bonds is 9. The van der Waals surface area contributed by atoms with Crippen LogP contribution in [0, 0.1) is 0 Å². The van der Waals surface area contributed by atoms with E-state index in [1.807, 2.05) is 66.3 Å². The van der Waals surface area contributed by atoms with Crippen molar-refractivity contribution in [3.05, 3.63) is 60.4 Å². The molecule has 1 aromatic carbocycles. The molecule has 1 N–H and O–H groups in total. The van der Waals surface area contributed by atoms with Gasteiger partial charge in [0.2, 0.25) is 5.79 Å². The molecule has 0 saturated heterocycles. The van der Waals surface area contributed by atoms with Crippen molar-refractivity contribution < 1.29 is 19.4 Å². The fourth-order valence-electron chi connectivity index (χ4n) is 2.37. The van der Waals surface area contributed by atoms with Crippen molar-refractivity contribution in [2.24, 2.45) is 0 Å². The number of carboxylic acids is 1. The summed E-state index contributed by atoms with van der Waals surface area (Å²) in [7, 11) is 0. The van der Waals surface area contributed by atoms with Crippen LogP contribution in [-0.2, 0) is 26.6 Å². The van der Waals surface area contributed by atoms with Crippen LogP contribution in [-0.4, -0.2) is 28.9 Å². The molecule has 1 unspecified atom stereocenters. The van der Waals surface area contributed by atoms with E-state index in [0.717, 1.165) is 0 Å². The van der Waals surface area contributed by atoms with Crippen LogP contribution in [0.15, 0.2) is 54.9 Å². The molecule has 118 valence electrons. The van der Waals surface area contributed by atoms with Crippen LogP contribution in [0.25, 0.3) is 0 Å². The van der Waals surface area contributed by atoms with Crippen LogP contribution < -0.4 is 0 Å². The normalized spacial score (nSPS) is 13.7. The molecule has 0 aliphatic heterocycles. The van der Waals surface area contributed by atoms with Crippen molar-refractivity contribution in [1.82, 2.24) is 4.57 Å². The van der Waals surface area contributed by atoms with Gasteiger partial charge in [-0.25, -0.2) is 0 Å². The first-order valence-electron chi connectivity index (χ1n) is 7.32. The second-order valence-corrected chi connectivity index (χ2v) is 4.89. The standard InChI is InChI=1S/C17H21NO4/c1-2-21-17(14-16(19)20,15-8-4-3-5-9-15)22-13-12-18-10-6-7-11-18/h3-11H,2,12-14H2,1H3,(H,19,20). The van der Waals surface area contributed by atoms with Gasteiger partial charge in [-0.05, 0) is 19.1 Å². The summed E-state index contributed by atoms with van der Waals surface area (Å²) in [6.07, 6.45) is 3.63. The molecule has 1 aromatic heterocycles. The molecular formula is C17H21NO4. The van der Waals surface area contributed by atoms with Crippen molar-refractivity contribution in [3.63, 3.8) is 0 Å². The first kappa shape index (κ1) is 16.3. The molecule has 0 spiro atoms. The van der Waals surface area contributed by atoms with Gasteiger partial charge in [0.05, 0.1) is 6.61 Å². The van der Waals surface area contributed by atoms with Crippen LogP contribution in [0.3, 0.4) is 0 Å². The molecule has 22 heavy (non-hydrogen) atoms. The fraction of sp³-hybridized carbons (Fsp3) is 0.353. The number of aromatic nitrogens is 1.